The lowest BCUT2D eigenvalue weighted by molar-refractivity contribution is -0.0234. The van der Waals surface area contributed by atoms with Crippen molar-refractivity contribution >= 4 is 21.6 Å². The lowest BCUT2D eigenvalue weighted by Crippen LogP contribution is -2.35. The fourth-order valence-corrected chi connectivity index (χ4v) is 5.29. The number of piperidine rings is 1. The summed E-state index contributed by atoms with van der Waals surface area (Å²) in [6.07, 6.45) is 2.18. The van der Waals surface area contributed by atoms with Crippen LogP contribution in [0.3, 0.4) is 0 Å². The Hall–Kier alpha value is -2.73. The zero-order valence-corrected chi connectivity index (χ0v) is 19.3. The number of ether oxygens (including phenoxy) is 2. The number of aromatic nitrogens is 1. The van der Waals surface area contributed by atoms with Crippen LogP contribution < -0.4 is 4.74 Å². The van der Waals surface area contributed by atoms with Gasteiger partial charge in [0.05, 0.1) is 23.4 Å². The number of rotatable bonds is 6. The maximum atomic E-state index is 6.77. The monoisotopic (exact) mass is 444 g/mol. The summed E-state index contributed by atoms with van der Waals surface area (Å²) in [6, 6.07) is 25.2. The van der Waals surface area contributed by atoms with E-state index in [9.17, 15) is 0 Å². The summed E-state index contributed by atoms with van der Waals surface area (Å²) in [5.74, 6) is 0.864. The fraction of sp³-hybridized carbons (Fsp3) is 0.296. The maximum Gasteiger partial charge on any atom is 0.134 e. The van der Waals surface area contributed by atoms with Gasteiger partial charge < -0.3 is 14.4 Å². The molecule has 1 fully saturated rings. The lowest BCUT2D eigenvalue weighted by atomic mass is 10.00. The normalized spacial score (nSPS) is 16.3. The Bertz CT molecular complexity index is 1150. The van der Waals surface area contributed by atoms with E-state index in [1.54, 1.807) is 18.4 Å². The van der Waals surface area contributed by atoms with Crippen molar-refractivity contribution in [2.75, 3.05) is 27.2 Å². The molecule has 0 N–H and O–H groups in total. The van der Waals surface area contributed by atoms with E-state index in [4.69, 9.17) is 14.5 Å². The molecule has 32 heavy (non-hydrogen) atoms. The minimum Gasteiger partial charge on any atom is -0.497 e. The van der Waals surface area contributed by atoms with Crippen molar-refractivity contribution < 1.29 is 9.47 Å². The van der Waals surface area contributed by atoms with Gasteiger partial charge in [-0.2, -0.15) is 0 Å². The molecular formula is C27H28N2O2S. The number of fused-ring (bicyclic) bond motifs is 1. The highest BCUT2D eigenvalue weighted by Gasteiger charge is 2.26. The molecule has 1 aliphatic heterocycles. The first-order valence-corrected chi connectivity index (χ1v) is 11.9. The third kappa shape index (κ3) is 4.56. The topological polar surface area (TPSA) is 34.6 Å². The summed E-state index contributed by atoms with van der Waals surface area (Å²) in [5.41, 5.74) is 4.52. The van der Waals surface area contributed by atoms with Crippen LogP contribution in [-0.4, -0.2) is 43.2 Å². The van der Waals surface area contributed by atoms with Crippen LogP contribution in [0.1, 0.15) is 29.5 Å². The predicted octanol–water partition coefficient (Wildman–Crippen LogP) is 6.17. The maximum absolute atomic E-state index is 6.77. The highest BCUT2D eigenvalue weighted by molar-refractivity contribution is 7.18. The Morgan fingerprint density at radius 2 is 1.72 bits per heavy atom. The van der Waals surface area contributed by atoms with Gasteiger partial charge in [-0.05, 0) is 66.9 Å². The van der Waals surface area contributed by atoms with Gasteiger partial charge in [0.2, 0.25) is 0 Å². The molecule has 4 aromatic rings. The van der Waals surface area contributed by atoms with Crippen LogP contribution in [0, 0.1) is 0 Å². The summed E-state index contributed by atoms with van der Waals surface area (Å²) < 4.78 is 13.3. The zero-order chi connectivity index (χ0) is 21.9. The molecule has 5 heteroatoms. The summed E-state index contributed by atoms with van der Waals surface area (Å²) >= 11 is 1.73. The zero-order valence-electron chi connectivity index (χ0n) is 18.5. The highest BCUT2D eigenvalue weighted by atomic mass is 32.1. The lowest BCUT2D eigenvalue weighted by Gasteiger charge is -2.31. The number of hydrogen-bond donors (Lipinski definition) is 0. The molecule has 4 nitrogen and oxygen atoms in total. The number of thiazole rings is 1. The van der Waals surface area contributed by atoms with Crippen LogP contribution in [0.25, 0.3) is 21.3 Å². The van der Waals surface area contributed by atoms with E-state index in [-0.39, 0.29) is 12.2 Å². The van der Waals surface area contributed by atoms with E-state index < -0.39 is 0 Å². The Morgan fingerprint density at radius 1 is 0.938 bits per heavy atom. The smallest absolute Gasteiger partial charge is 0.134 e. The molecule has 1 aromatic heterocycles. The van der Waals surface area contributed by atoms with Gasteiger partial charge in [0, 0.05) is 13.1 Å². The van der Waals surface area contributed by atoms with Gasteiger partial charge in [0.1, 0.15) is 16.9 Å². The predicted molar refractivity (Wildman–Crippen MR) is 131 cm³/mol. The molecule has 0 radical (unpaired) electrons. The van der Waals surface area contributed by atoms with E-state index in [0.717, 1.165) is 53.3 Å². The highest BCUT2D eigenvalue weighted by Crippen LogP contribution is 2.36. The molecule has 1 aliphatic rings. The molecule has 0 aliphatic carbocycles. The summed E-state index contributed by atoms with van der Waals surface area (Å²) in [6.45, 7) is 2.15. The Labute approximate surface area is 193 Å². The third-order valence-electron chi connectivity index (χ3n) is 6.14. The number of nitrogens with zero attached hydrogens (tertiary/aromatic N) is 2. The van der Waals surface area contributed by atoms with Gasteiger partial charge in [0.25, 0.3) is 0 Å². The number of likely N-dealkylation sites (tertiary alicyclic amines) is 1. The van der Waals surface area contributed by atoms with Crippen molar-refractivity contribution in [3.8, 4) is 16.9 Å². The SMILES string of the molecule is COc1ccc(-c2cccc(C(OC3CCN(C)CC3)c3nc4ccccc4s3)c2)cc1. The van der Waals surface area contributed by atoms with Crippen molar-refractivity contribution in [3.05, 3.63) is 83.4 Å². The standard InChI is InChI=1S/C27H28N2O2S/c1-29-16-14-23(15-17-29)31-26(27-28-24-8-3-4-9-25(24)32-27)21-7-5-6-20(18-21)19-10-12-22(30-2)13-11-19/h3-13,18,23,26H,14-17H2,1-2H3. The van der Waals surface area contributed by atoms with Gasteiger partial charge in [-0.25, -0.2) is 4.98 Å². The summed E-state index contributed by atoms with van der Waals surface area (Å²) in [4.78, 5) is 7.33. The first-order valence-electron chi connectivity index (χ1n) is 11.1. The van der Waals surface area contributed by atoms with Crippen molar-refractivity contribution in [1.82, 2.24) is 9.88 Å². The first-order chi connectivity index (χ1) is 15.7. The van der Waals surface area contributed by atoms with Crippen LogP contribution >= 0.6 is 11.3 Å². The van der Waals surface area contributed by atoms with E-state index in [1.165, 1.54) is 10.3 Å². The minimum atomic E-state index is -0.168. The Kier molecular flexibility index (Phi) is 6.21. The average molecular weight is 445 g/mol. The van der Waals surface area contributed by atoms with Gasteiger partial charge in [-0.3, -0.25) is 0 Å². The van der Waals surface area contributed by atoms with Gasteiger partial charge >= 0.3 is 0 Å². The van der Waals surface area contributed by atoms with Crippen LogP contribution in [0.5, 0.6) is 5.75 Å². The first kappa shape index (κ1) is 21.1. The second-order valence-corrected chi connectivity index (χ2v) is 9.45. The number of benzene rings is 3. The molecule has 164 valence electrons. The second kappa shape index (κ2) is 9.41. The number of methoxy groups -OCH3 is 1. The molecule has 1 unspecified atom stereocenters. The van der Waals surface area contributed by atoms with E-state index in [0.29, 0.717) is 0 Å². The molecule has 5 rings (SSSR count). The molecule has 0 amide bonds. The van der Waals surface area contributed by atoms with E-state index >= 15 is 0 Å². The number of hydrogen-bond acceptors (Lipinski definition) is 5. The van der Waals surface area contributed by atoms with Gasteiger partial charge in [-0.15, -0.1) is 11.3 Å². The Balaban J connectivity index is 1.50. The molecule has 2 heterocycles. The summed E-state index contributed by atoms with van der Waals surface area (Å²) in [5, 5.41) is 1.03. The van der Waals surface area contributed by atoms with Gasteiger partial charge in [-0.1, -0.05) is 42.5 Å². The third-order valence-corrected chi connectivity index (χ3v) is 7.22. The van der Waals surface area contributed by atoms with Crippen molar-refractivity contribution in [2.45, 2.75) is 25.0 Å². The Morgan fingerprint density at radius 3 is 2.47 bits per heavy atom. The second-order valence-electron chi connectivity index (χ2n) is 8.39. The average Bonchev–Trinajstić information content (AvgIpc) is 3.28. The molecular weight excluding hydrogens is 416 g/mol. The number of para-hydroxylation sites is 1. The molecule has 1 atom stereocenters. The van der Waals surface area contributed by atoms with E-state index in [2.05, 4.69) is 66.5 Å². The van der Waals surface area contributed by atoms with Crippen LogP contribution in [0.4, 0.5) is 0 Å². The van der Waals surface area contributed by atoms with Crippen molar-refractivity contribution in [1.29, 1.82) is 0 Å². The van der Waals surface area contributed by atoms with Crippen LogP contribution in [-0.2, 0) is 4.74 Å². The molecule has 0 saturated carbocycles. The molecule has 0 bridgehead atoms. The van der Waals surface area contributed by atoms with Crippen molar-refractivity contribution in [3.63, 3.8) is 0 Å². The quantitative estimate of drug-likeness (QED) is 0.356. The van der Waals surface area contributed by atoms with Crippen molar-refractivity contribution in [2.24, 2.45) is 0 Å². The minimum absolute atomic E-state index is 0.168. The molecule has 0 spiro atoms. The molecule has 1 saturated heterocycles. The fourth-order valence-electron chi connectivity index (χ4n) is 4.26. The molecule has 3 aromatic carbocycles. The summed E-state index contributed by atoms with van der Waals surface area (Å²) in [7, 11) is 3.87. The van der Waals surface area contributed by atoms with Crippen LogP contribution in [0.15, 0.2) is 72.8 Å². The largest absolute Gasteiger partial charge is 0.497 e. The van der Waals surface area contributed by atoms with E-state index in [1.807, 2.05) is 18.2 Å². The van der Waals surface area contributed by atoms with Crippen LogP contribution in [0.2, 0.25) is 0 Å². The van der Waals surface area contributed by atoms with Gasteiger partial charge in [0.15, 0.2) is 0 Å².